The molecule has 0 saturated carbocycles. The van der Waals surface area contributed by atoms with Gasteiger partial charge in [0.25, 0.3) is 0 Å². The van der Waals surface area contributed by atoms with E-state index < -0.39 is 0 Å². The molecule has 0 aliphatic rings. The number of aliphatic hydroxyl groups excluding tert-OH is 1. The minimum atomic E-state index is -0.293. The van der Waals surface area contributed by atoms with Crippen LogP contribution in [-0.4, -0.2) is 22.1 Å². The van der Waals surface area contributed by atoms with E-state index in [1.54, 1.807) is 11.3 Å². The average molecular weight is 234 g/mol. The summed E-state index contributed by atoms with van der Waals surface area (Å²) in [7, 11) is 0. The lowest BCUT2D eigenvalue weighted by Crippen LogP contribution is -2.10. The Hall–Kier alpha value is -0.120. The molecule has 0 saturated heterocycles. The van der Waals surface area contributed by atoms with E-state index in [1.165, 1.54) is 4.88 Å². The Morgan fingerprint density at radius 2 is 2.21 bits per heavy atom. The van der Waals surface area contributed by atoms with E-state index in [1.807, 2.05) is 6.92 Å². The second-order valence-corrected chi connectivity index (χ2v) is 5.10. The first-order chi connectivity index (χ1) is 6.63. The number of aliphatic hydroxyl groups is 1. The number of rotatable bonds is 5. The van der Waals surface area contributed by atoms with Gasteiger partial charge in [-0.3, -0.25) is 0 Å². The van der Waals surface area contributed by atoms with Gasteiger partial charge in [0.15, 0.2) is 0 Å². The molecular formula is C10H16ClNOS. The number of aromatic nitrogens is 1. The predicted octanol–water partition coefficient (Wildman–Crippen LogP) is 2.68. The van der Waals surface area contributed by atoms with Gasteiger partial charge in [-0.25, -0.2) is 4.98 Å². The zero-order valence-electron chi connectivity index (χ0n) is 8.59. The Morgan fingerprint density at radius 1 is 1.50 bits per heavy atom. The Morgan fingerprint density at radius 3 is 2.71 bits per heavy atom. The van der Waals surface area contributed by atoms with Gasteiger partial charge in [-0.05, 0) is 26.7 Å². The van der Waals surface area contributed by atoms with Crippen LogP contribution in [0.3, 0.4) is 0 Å². The van der Waals surface area contributed by atoms with Gasteiger partial charge in [0.05, 0.1) is 16.8 Å². The third-order valence-corrected chi connectivity index (χ3v) is 3.52. The lowest BCUT2D eigenvalue weighted by Gasteiger charge is -2.06. The summed E-state index contributed by atoms with van der Waals surface area (Å²) in [4.78, 5) is 5.62. The van der Waals surface area contributed by atoms with Crippen molar-refractivity contribution in [3.63, 3.8) is 0 Å². The average Bonchev–Trinajstić information content (AvgIpc) is 2.42. The number of aryl methyl sites for hydroxylation is 2. The first kappa shape index (κ1) is 12.0. The van der Waals surface area contributed by atoms with E-state index in [9.17, 15) is 5.11 Å². The van der Waals surface area contributed by atoms with Crippen LogP contribution in [-0.2, 0) is 6.42 Å². The monoisotopic (exact) mass is 233 g/mol. The summed E-state index contributed by atoms with van der Waals surface area (Å²) < 4.78 is 0. The Labute approximate surface area is 93.9 Å². The fourth-order valence-corrected chi connectivity index (χ4v) is 2.40. The van der Waals surface area contributed by atoms with Crippen LogP contribution in [0.15, 0.2) is 0 Å². The highest BCUT2D eigenvalue weighted by Crippen LogP contribution is 2.18. The van der Waals surface area contributed by atoms with Crippen molar-refractivity contribution in [3.05, 3.63) is 15.6 Å². The number of nitrogens with zero attached hydrogens (tertiary/aromatic N) is 1. The minimum Gasteiger partial charge on any atom is -0.393 e. The molecule has 1 rings (SSSR count). The van der Waals surface area contributed by atoms with Crippen molar-refractivity contribution in [2.75, 3.05) is 5.88 Å². The normalized spacial score (nSPS) is 13.1. The molecule has 1 N–H and O–H groups in total. The van der Waals surface area contributed by atoms with E-state index in [4.69, 9.17) is 11.6 Å². The van der Waals surface area contributed by atoms with Crippen molar-refractivity contribution in [2.45, 2.75) is 39.2 Å². The van der Waals surface area contributed by atoms with E-state index in [2.05, 4.69) is 11.9 Å². The standard InChI is InChI=1S/C10H16ClNOS/c1-7-8(2)14-10(12-7)6-9(13)4-3-5-11/h9,13H,3-6H2,1-2H3. The van der Waals surface area contributed by atoms with Gasteiger partial charge >= 0.3 is 0 Å². The van der Waals surface area contributed by atoms with Gasteiger partial charge in [-0.2, -0.15) is 0 Å². The number of thiazole rings is 1. The quantitative estimate of drug-likeness (QED) is 0.794. The third-order valence-electron chi connectivity index (χ3n) is 2.15. The summed E-state index contributed by atoms with van der Waals surface area (Å²) in [5.41, 5.74) is 1.08. The number of halogens is 1. The highest BCUT2D eigenvalue weighted by Gasteiger charge is 2.09. The summed E-state index contributed by atoms with van der Waals surface area (Å²) in [5.74, 6) is 0.618. The summed E-state index contributed by atoms with van der Waals surface area (Å²) >= 11 is 7.23. The van der Waals surface area contributed by atoms with Crippen molar-refractivity contribution in [1.82, 2.24) is 4.98 Å². The lowest BCUT2D eigenvalue weighted by molar-refractivity contribution is 0.164. The van der Waals surface area contributed by atoms with Crippen LogP contribution >= 0.6 is 22.9 Å². The van der Waals surface area contributed by atoms with Crippen molar-refractivity contribution < 1.29 is 5.11 Å². The maximum absolute atomic E-state index is 9.64. The molecule has 1 heterocycles. The Balaban J connectivity index is 2.43. The molecule has 1 atom stereocenters. The van der Waals surface area contributed by atoms with Gasteiger partial charge < -0.3 is 5.11 Å². The van der Waals surface area contributed by atoms with Crippen LogP contribution in [0.25, 0.3) is 0 Å². The lowest BCUT2D eigenvalue weighted by atomic mass is 10.1. The van der Waals surface area contributed by atoms with Crippen LogP contribution in [0.1, 0.15) is 28.4 Å². The second kappa shape index (κ2) is 5.69. The third kappa shape index (κ3) is 3.56. The van der Waals surface area contributed by atoms with Gasteiger partial charge in [0, 0.05) is 17.2 Å². The van der Waals surface area contributed by atoms with Gasteiger partial charge in [-0.1, -0.05) is 0 Å². The fourth-order valence-electron chi connectivity index (χ4n) is 1.24. The van der Waals surface area contributed by atoms with E-state index in [0.29, 0.717) is 12.3 Å². The van der Waals surface area contributed by atoms with Crippen molar-refractivity contribution in [3.8, 4) is 0 Å². The topological polar surface area (TPSA) is 33.1 Å². The SMILES string of the molecule is Cc1nc(CC(O)CCCCl)sc1C. The largest absolute Gasteiger partial charge is 0.393 e. The minimum absolute atomic E-state index is 0.293. The Bertz CT molecular complexity index is 268. The van der Waals surface area contributed by atoms with Crippen LogP contribution in [0.5, 0.6) is 0 Å². The zero-order valence-corrected chi connectivity index (χ0v) is 10.2. The Kier molecular flexibility index (Phi) is 4.85. The second-order valence-electron chi connectivity index (χ2n) is 3.44. The maximum atomic E-state index is 9.64. The highest BCUT2D eigenvalue weighted by atomic mass is 35.5. The first-order valence-electron chi connectivity index (χ1n) is 4.80. The molecule has 2 nitrogen and oxygen atoms in total. The molecule has 1 unspecified atom stereocenters. The summed E-state index contributed by atoms with van der Waals surface area (Å²) in [5, 5.41) is 10.7. The molecule has 0 fully saturated rings. The highest BCUT2D eigenvalue weighted by molar-refractivity contribution is 7.11. The zero-order chi connectivity index (χ0) is 10.6. The van der Waals surface area contributed by atoms with Gasteiger partial charge in [0.2, 0.25) is 0 Å². The number of hydrogen-bond donors (Lipinski definition) is 1. The molecule has 80 valence electrons. The van der Waals surface area contributed by atoms with Crippen LogP contribution in [0.4, 0.5) is 0 Å². The predicted molar refractivity (Wildman–Crippen MR) is 61.3 cm³/mol. The summed E-state index contributed by atoms with van der Waals surface area (Å²) in [6.07, 6.45) is 2.00. The van der Waals surface area contributed by atoms with Gasteiger partial charge in [-0.15, -0.1) is 22.9 Å². The molecule has 0 spiro atoms. The van der Waals surface area contributed by atoms with E-state index in [-0.39, 0.29) is 6.10 Å². The van der Waals surface area contributed by atoms with Crippen molar-refractivity contribution in [1.29, 1.82) is 0 Å². The molecule has 4 heteroatoms. The summed E-state index contributed by atoms with van der Waals surface area (Å²) in [6, 6.07) is 0. The fraction of sp³-hybridized carbons (Fsp3) is 0.700. The molecule has 0 aliphatic heterocycles. The van der Waals surface area contributed by atoms with Crippen molar-refractivity contribution >= 4 is 22.9 Å². The van der Waals surface area contributed by atoms with Crippen LogP contribution < -0.4 is 0 Å². The first-order valence-corrected chi connectivity index (χ1v) is 6.15. The summed E-state index contributed by atoms with van der Waals surface area (Å²) in [6.45, 7) is 4.06. The molecule has 14 heavy (non-hydrogen) atoms. The molecule has 0 radical (unpaired) electrons. The van der Waals surface area contributed by atoms with Crippen molar-refractivity contribution in [2.24, 2.45) is 0 Å². The number of alkyl halides is 1. The number of hydrogen-bond acceptors (Lipinski definition) is 3. The molecule has 0 aliphatic carbocycles. The molecule has 0 amide bonds. The maximum Gasteiger partial charge on any atom is 0.0956 e. The molecule has 1 aromatic rings. The molecule has 0 aromatic carbocycles. The smallest absolute Gasteiger partial charge is 0.0956 e. The van der Waals surface area contributed by atoms with Crippen LogP contribution in [0, 0.1) is 13.8 Å². The molecule has 0 bridgehead atoms. The van der Waals surface area contributed by atoms with Gasteiger partial charge in [0.1, 0.15) is 0 Å². The van der Waals surface area contributed by atoms with E-state index >= 15 is 0 Å². The van der Waals surface area contributed by atoms with Crippen LogP contribution in [0.2, 0.25) is 0 Å². The van der Waals surface area contributed by atoms with E-state index in [0.717, 1.165) is 23.5 Å². The molecule has 1 aromatic heterocycles. The molecular weight excluding hydrogens is 218 g/mol.